The number of benzene rings is 2. The number of nitrogens with zero attached hydrogens (tertiary/aromatic N) is 3. The number of ether oxygens (including phenoxy) is 1. The first kappa shape index (κ1) is 22.8. The Morgan fingerprint density at radius 2 is 1.94 bits per heavy atom. The second-order valence-electron chi connectivity index (χ2n) is 8.45. The van der Waals surface area contributed by atoms with Crippen LogP contribution in [0.3, 0.4) is 0 Å². The summed E-state index contributed by atoms with van der Waals surface area (Å²) in [5.74, 6) is -0.771. The molecule has 2 aromatic carbocycles. The van der Waals surface area contributed by atoms with E-state index < -0.39 is 23.2 Å². The minimum Gasteiger partial charge on any atom is -0.497 e. The van der Waals surface area contributed by atoms with Gasteiger partial charge in [0.2, 0.25) is 5.91 Å². The van der Waals surface area contributed by atoms with Gasteiger partial charge in [-0.1, -0.05) is 30.3 Å². The van der Waals surface area contributed by atoms with Crippen molar-refractivity contribution in [3.05, 3.63) is 89.2 Å². The summed E-state index contributed by atoms with van der Waals surface area (Å²) in [6.07, 6.45) is 0. The Morgan fingerprint density at radius 3 is 2.63 bits per heavy atom. The van der Waals surface area contributed by atoms with Crippen LogP contribution in [0.4, 0.5) is 10.1 Å². The van der Waals surface area contributed by atoms with Crippen molar-refractivity contribution in [3.63, 3.8) is 0 Å². The highest BCUT2D eigenvalue weighted by Crippen LogP contribution is 2.36. The largest absolute Gasteiger partial charge is 0.497 e. The predicted molar refractivity (Wildman–Crippen MR) is 132 cm³/mol. The van der Waals surface area contributed by atoms with Crippen molar-refractivity contribution >= 4 is 28.8 Å². The van der Waals surface area contributed by atoms with Crippen molar-refractivity contribution in [2.24, 2.45) is 0 Å². The van der Waals surface area contributed by atoms with Gasteiger partial charge in [0.1, 0.15) is 28.5 Å². The smallest absolute Gasteiger partial charge is 0.277 e. The molecule has 178 valence electrons. The van der Waals surface area contributed by atoms with Crippen LogP contribution >= 0.6 is 11.3 Å². The van der Waals surface area contributed by atoms with E-state index in [1.165, 1.54) is 28.4 Å². The fourth-order valence-corrected chi connectivity index (χ4v) is 4.93. The molecular weight excluding hydrogens is 467 g/mol. The van der Waals surface area contributed by atoms with E-state index in [0.29, 0.717) is 17.1 Å². The average molecular weight is 491 g/mol. The monoisotopic (exact) mass is 490 g/mol. The number of carbonyl (C=O) groups excluding carboxylic acids is 2. The van der Waals surface area contributed by atoms with E-state index in [0.717, 1.165) is 10.4 Å². The molecule has 4 aromatic rings. The zero-order chi connectivity index (χ0) is 24.6. The first-order valence-corrected chi connectivity index (χ1v) is 11.9. The molecule has 0 bridgehead atoms. The number of aromatic nitrogens is 2. The van der Waals surface area contributed by atoms with Crippen LogP contribution in [-0.2, 0) is 17.9 Å². The summed E-state index contributed by atoms with van der Waals surface area (Å²) in [6, 6.07) is 18.8. The summed E-state index contributed by atoms with van der Waals surface area (Å²) >= 11 is 1.51. The summed E-state index contributed by atoms with van der Waals surface area (Å²) in [4.78, 5) is 29.5. The number of rotatable bonds is 6. The lowest BCUT2D eigenvalue weighted by Crippen LogP contribution is -2.64. The van der Waals surface area contributed by atoms with Gasteiger partial charge in [-0.15, -0.1) is 11.3 Å². The molecule has 1 aliphatic heterocycles. The molecule has 0 saturated carbocycles. The van der Waals surface area contributed by atoms with E-state index in [1.807, 2.05) is 29.6 Å². The lowest BCUT2D eigenvalue weighted by atomic mass is 9.93. The van der Waals surface area contributed by atoms with E-state index in [-0.39, 0.29) is 18.8 Å². The Balaban J connectivity index is 1.51. The van der Waals surface area contributed by atoms with E-state index in [9.17, 15) is 14.0 Å². The Morgan fingerprint density at radius 1 is 1.17 bits per heavy atom. The van der Waals surface area contributed by atoms with Crippen molar-refractivity contribution in [1.29, 1.82) is 0 Å². The lowest BCUT2D eigenvalue weighted by Gasteiger charge is -2.43. The van der Waals surface area contributed by atoms with Crippen LogP contribution in [-0.4, -0.2) is 34.2 Å². The summed E-state index contributed by atoms with van der Waals surface area (Å²) in [7, 11) is 1.59. The maximum absolute atomic E-state index is 14.9. The zero-order valence-corrected chi connectivity index (χ0v) is 20.0. The Hall–Kier alpha value is -3.98. The Labute approximate surface area is 205 Å². The molecule has 0 radical (unpaired) electrons. The van der Waals surface area contributed by atoms with Gasteiger partial charge < -0.3 is 10.1 Å². The fraction of sp³-hybridized carbons (Fsp3) is 0.192. The van der Waals surface area contributed by atoms with Gasteiger partial charge in [0.05, 0.1) is 24.2 Å². The molecule has 2 amide bonds. The van der Waals surface area contributed by atoms with E-state index in [1.54, 1.807) is 49.0 Å². The van der Waals surface area contributed by atoms with Crippen molar-refractivity contribution in [2.75, 3.05) is 12.0 Å². The molecule has 0 spiro atoms. The van der Waals surface area contributed by atoms with Crippen LogP contribution in [0.25, 0.3) is 10.6 Å². The summed E-state index contributed by atoms with van der Waals surface area (Å²) < 4.78 is 21.6. The first-order valence-electron chi connectivity index (χ1n) is 11.0. The highest BCUT2D eigenvalue weighted by molar-refractivity contribution is 7.13. The van der Waals surface area contributed by atoms with Gasteiger partial charge >= 0.3 is 0 Å². The number of anilines is 1. The van der Waals surface area contributed by atoms with Crippen molar-refractivity contribution in [2.45, 2.75) is 25.6 Å². The van der Waals surface area contributed by atoms with E-state index in [4.69, 9.17) is 4.74 Å². The summed E-state index contributed by atoms with van der Waals surface area (Å²) in [5, 5.41) is 9.45. The number of fused-ring (bicyclic) bond motifs is 1. The number of halogens is 1. The number of nitrogens with one attached hydrogen (secondary N) is 1. The maximum Gasteiger partial charge on any atom is 0.277 e. The standard InChI is InChI=1S/C26H23FN4O3S/c1-26(25(33)28-15-17-9-11-18(34-2)12-10-17)16-30-22(14-20(29-30)23-8-5-13-35-23)24(32)31(26)21-7-4-3-6-19(21)27/h3-14H,15-16H2,1-2H3,(H,28,33)/t26-/m0/s1. The van der Waals surface area contributed by atoms with Crippen LogP contribution in [0.1, 0.15) is 23.0 Å². The number of hydrogen-bond acceptors (Lipinski definition) is 5. The van der Waals surface area contributed by atoms with Gasteiger partial charge in [-0.2, -0.15) is 5.10 Å². The topological polar surface area (TPSA) is 76.5 Å². The molecule has 0 saturated heterocycles. The normalized spacial score (nSPS) is 17.2. The van der Waals surface area contributed by atoms with Gasteiger partial charge in [-0.3, -0.25) is 19.2 Å². The van der Waals surface area contributed by atoms with Gasteiger partial charge in [-0.05, 0) is 54.3 Å². The van der Waals surface area contributed by atoms with E-state index >= 15 is 0 Å². The average Bonchev–Trinajstić information content (AvgIpc) is 3.54. The second-order valence-corrected chi connectivity index (χ2v) is 9.39. The van der Waals surface area contributed by atoms with Crippen molar-refractivity contribution in [1.82, 2.24) is 15.1 Å². The predicted octanol–water partition coefficient (Wildman–Crippen LogP) is 4.49. The quantitative estimate of drug-likeness (QED) is 0.432. The molecule has 35 heavy (non-hydrogen) atoms. The van der Waals surface area contributed by atoms with Gasteiger partial charge in [0, 0.05) is 6.54 Å². The minimum absolute atomic E-state index is 0.0460. The molecule has 1 atom stereocenters. The van der Waals surface area contributed by atoms with Crippen LogP contribution in [0, 0.1) is 5.82 Å². The third-order valence-electron chi connectivity index (χ3n) is 6.12. The number of thiophene rings is 1. The Kier molecular flexibility index (Phi) is 5.86. The van der Waals surface area contributed by atoms with E-state index in [2.05, 4.69) is 10.4 Å². The van der Waals surface area contributed by atoms with Gasteiger partial charge in [-0.25, -0.2) is 4.39 Å². The van der Waals surface area contributed by atoms with Gasteiger partial charge in [0.25, 0.3) is 5.91 Å². The van der Waals surface area contributed by atoms with Crippen molar-refractivity contribution < 1.29 is 18.7 Å². The number of hydrogen-bond donors (Lipinski definition) is 1. The molecule has 1 aliphatic rings. The molecule has 0 unspecified atom stereocenters. The zero-order valence-electron chi connectivity index (χ0n) is 19.2. The number of para-hydroxylation sites is 1. The fourth-order valence-electron chi connectivity index (χ4n) is 4.25. The molecular formula is C26H23FN4O3S. The molecule has 2 aromatic heterocycles. The third-order valence-corrected chi connectivity index (χ3v) is 7.01. The lowest BCUT2D eigenvalue weighted by molar-refractivity contribution is -0.126. The maximum atomic E-state index is 14.9. The van der Waals surface area contributed by atoms with Crippen molar-refractivity contribution in [3.8, 4) is 16.3 Å². The van der Waals surface area contributed by atoms with Crippen LogP contribution in [0.15, 0.2) is 72.1 Å². The summed E-state index contributed by atoms with van der Waals surface area (Å²) in [6.45, 7) is 1.95. The number of methoxy groups -OCH3 is 1. The first-order chi connectivity index (χ1) is 16.9. The molecule has 3 heterocycles. The SMILES string of the molecule is COc1ccc(CNC(=O)[C@]2(C)Cn3nc(-c4cccs4)cc3C(=O)N2c2ccccc2F)cc1. The van der Waals surface area contributed by atoms with Gasteiger partial charge in [0.15, 0.2) is 0 Å². The Bertz CT molecular complexity index is 1380. The highest BCUT2D eigenvalue weighted by Gasteiger charge is 2.49. The number of carbonyl (C=O) groups is 2. The molecule has 0 aliphatic carbocycles. The summed E-state index contributed by atoms with van der Waals surface area (Å²) in [5.41, 5.74) is 0.431. The molecule has 1 N–H and O–H groups in total. The molecule has 7 nitrogen and oxygen atoms in total. The minimum atomic E-state index is -1.42. The van der Waals surface area contributed by atoms with Crippen LogP contribution in [0.2, 0.25) is 0 Å². The molecule has 9 heteroatoms. The van der Waals surface area contributed by atoms with Crippen LogP contribution < -0.4 is 15.0 Å². The second kappa shape index (κ2) is 8.99. The molecule has 0 fully saturated rings. The third kappa shape index (κ3) is 4.08. The highest BCUT2D eigenvalue weighted by atomic mass is 32.1. The number of amides is 2. The molecule has 5 rings (SSSR count). The van der Waals surface area contributed by atoms with Crippen LogP contribution in [0.5, 0.6) is 5.75 Å².